The van der Waals surface area contributed by atoms with Crippen LogP contribution in [0, 0.1) is 5.82 Å². The largest absolute Gasteiger partial charge is 0.292 e. The first-order valence-electron chi connectivity index (χ1n) is 10.4. The first kappa shape index (κ1) is 20.0. The molecule has 2 aromatic carbocycles. The number of hydrogen-bond acceptors (Lipinski definition) is 5. The van der Waals surface area contributed by atoms with Crippen LogP contribution in [0.15, 0.2) is 61.1 Å². The number of benzene rings is 2. The van der Waals surface area contributed by atoms with E-state index < -0.39 is 0 Å². The van der Waals surface area contributed by atoms with Gasteiger partial charge in [0.25, 0.3) is 0 Å². The first-order valence-corrected chi connectivity index (χ1v) is 10.4. The molecular weight excluding hydrogens is 407 g/mol. The van der Waals surface area contributed by atoms with Crippen molar-refractivity contribution in [3.63, 3.8) is 0 Å². The van der Waals surface area contributed by atoms with Crippen LogP contribution in [0.2, 0.25) is 0 Å². The monoisotopic (exact) mass is 428 g/mol. The highest BCUT2D eigenvalue weighted by molar-refractivity contribution is 6.00. The van der Waals surface area contributed by atoms with E-state index in [2.05, 4.69) is 15.2 Å². The lowest BCUT2D eigenvalue weighted by atomic mass is 9.96. The van der Waals surface area contributed by atoms with Gasteiger partial charge in [0.2, 0.25) is 5.91 Å². The van der Waals surface area contributed by atoms with Crippen molar-refractivity contribution in [3.05, 3.63) is 83.6 Å². The van der Waals surface area contributed by atoms with Crippen LogP contribution in [0.4, 0.5) is 10.2 Å². The highest BCUT2D eigenvalue weighted by atomic mass is 19.1. The molecule has 2 aromatic heterocycles. The summed E-state index contributed by atoms with van der Waals surface area (Å²) < 4.78 is 14.5. The molecule has 0 fully saturated rings. The molecule has 7 nitrogen and oxygen atoms in total. The van der Waals surface area contributed by atoms with E-state index in [1.54, 1.807) is 29.6 Å². The average Bonchev–Trinajstić information content (AvgIpc) is 3.42. The van der Waals surface area contributed by atoms with Crippen molar-refractivity contribution < 1.29 is 9.18 Å². The van der Waals surface area contributed by atoms with Gasteiger partial charge in [-0.2, -0.15) is 15.0 Å². The second-order valence-electron chi connectivity index (χ2n) is 8.04. The molecule has 0 saturated carbocycles. The van der Waals surface area contributed by atoms with Crippen molar-refractivity contribution in [3.8, 4) is 17.1 Å². The van der Waals surface area contributed by atoms with Crippen LogP contribution in [0.3, 0.4) is 0 Å². The molecule has 0 saturated heterocycles. The zero-order chi connectivity index (χ0) is 22.2. The van der Waals surface area contributed by atoms with Gasteiger partial charge < -0.3 is 0 Å². The maximum atomic E-state index is 14.5. The van der Waals surface area contributed by atoms with Crippen molar-refractivity contribution in [2.75, 3.05) is 4.90 Å². The summed E-state index contributed by atoms with van der Waals surface area (Å²) in [7, 11) is 0. The third-order valence-electron chi connectivity index (χ3n) is 5.54. The van der Waals surface area contributed by atoms with Gasteiger partial charge in [-0.25, -0.2) is 14.4 Å². The normalized spacial score (nSPS) is 13.1. The Morgan fingerprint density at radius 1 is 1.06 bits per heavy atom. The van der Waals surface area contributed by atoms with Gasteiger partial charge in [-0.1, -0.05) is 38.1 Å². The number of halogens is 1. The minimum absolute atomic E-state index is 0.0245. The van der Waals surface area contributed by atoms with Crippen LogP contribution in [0.25, 0.3) is 17.1 Å². The van der Waals surface area contributed by atoms with Gasteiger partial charge in [0.05, 0.1) is 31.0 Å². The standard InChI is InChI=1S/C24H21FN6O/c1-15(2)22-19(4-3-5-20(22)25)23-26-13-17-12-21(32)30(24(17)29-23)14-16-6-8-18(9-7-16)31-27-10-11-28-31/h3-11,13,15H,12,14H2,1-2H3. The molecule has 3 heterocycles. The van der Waals surface area contributed by atoms with Crippen molar-refractivity contribution in [2.45, 2.75) is 32.7 Å². The number of nitrogens with zero attached hydrogens (tertiary/aromatic N) is 6. The predicted octanol–water partition coefficient (Wildman–Crippen LogP) is 4.08. The van der Waals surface area contributed by atoms with Crippen LogP contribution < -0.4 is 4.90 Å². The van der Waals surface area contributed by atoms with Crippen LogP contribution in [0.1, 0.15) is 36.5 Å². The molecule has 0 radical (unpaired) electrons. The van der Waals surface area contributed by atoms with E-state index in [4.69, 9.17) is 4.98 Å². The molecule has 5 rings (SSSR count). The lowest BCUT2D eigenvalue weighted by molar-refractivity contribution is -0.117. The summed E-state index contributed by atoms with van der Waals surface area (Å²) in [6.07, 6.45) is 5.17. The van der Waals surface area contributed by atoms with E-state index in [0.717, 1.165) is 16.8 Å². The minimum atomic E-state index is -0.277. The lowest BCUT2D eigenvalue weighted by Gasteiger charge is -2.18. The molecule has 0 N–H and O–H groups in total. The van der Waals surface area contributed by atoms with Crippen LogP contribution >= 0.6 is 0 Å². The van der Waals surface area contributed by atoms with E-state index >= 15 is 0 Å². The van der Waals surface area contributed by atoms with Gasteiger partial charge in [-0.3, -0.25) is 9.69 Å². The third-order valence-corrected chi connectivity index (χ3v) is 5.54. The predicted molar refractivity (Wildman–Crippen MR) is 118 cm³/mol. The zero-order valence-corrected chi connectivity index (χ0v) is 17.7. The molecule has 1 aliphatic heterocycles. The van der Waals surface area contributed by atoms with Gasteiger partial charge >= 0.3 is 0 Å². The first-order chi connectivity index (χ1) is 15.5. The molecule has 160 valence electrons. The molecule has 0 atom stereocenters. The van der Waals surface area contributed by atoms with E-state index in [0.29, 0.717) is 29.3 Å². The molecule has 32 heavy (non-hydrogen) atoms. The van der Waals surface area contributed by atoms with E-state index in [-0.39, 0.29) is 24.1 Å². The second kappa shape index (κ2) is 7.96. The van der Waals surface area contributed by atoms with Gasteiger partial charge in [0.1, 0.15) is 11.6 Å². The molecular formula is C24H21FN6O. The molecule has 8 heteroatoms. The number of fused-ring (bicyclic) bond motifs is 1. The fourth-order valence-electron chi connectivity index (χ4n) is 4.01. The minimum Gasteiger partial charge on any atom is -0.292 e. The summed E-state index contributed by atoms with van der Waals surface area (Å²) in [5, 5.41) is 8.25. The van der Waals surface area contributed by atoms with Crippen LogP contribution in [-0.4, -0.2) is 30.9 Å². The zero-order valence-electron chi connectivity index (χ0n) is 17.7. The van der Waals surface area contributed by atoms with Crippen molar-refractivity contribution in [2.24, 2.45) is 0 Å². The second-order valence-corrected chi connectivity index (χ2v) is 8.04. The number of amides is 1. The Bertz CT molecular complexity index is 1280. The molecule has 0 spiro atoms. The number of aromatic nitrogens is 5. The van der Waals surface area contributed by atoms with E-state index in [1.165, 1.54) is 10.9 Å². The number of anilines is 1. The number of hydrogen-bond donors (Lipinski definition) is 0. The Balaban J connectivity index is 1.47. The Morgan fingerprint density at radius 2 is 1.81 bits per heavy atom. The maximum absolute atomic E-state index is 14.5. The SMILES string of the molecule is CC(C)c1c(F)cccc1-c1ncc2c(n1)N(Cc1ccc(-n3nccn3)cc1)C(=O)C2. The topological polar surface area (TPSA) is 76.8 Å². The Hall–Kier alpha value is -3.94. The molecule has 4 aromatic rings. The molecule has 0 unspecified atom stereocenters. The van der Waals surface area contributed by atoms with Crippen LogP contribution in [0.5, 0.6) is 0 Å². The summed E-state index contributed by atoms with van der Waals surface area (Å²) in [6, 6.07) is 12.6. The summed E-state index contributed by atoms with van der Waals surface area (Å²) in [5.41, 5.74) is 3.79. The van der Waals surface area contributed by atoms with Crippen LogP contribution in [-0.2, 0) is 17.8 Å². The van der Waals surface area contributed by atoms with E-state index in [9.17, 15) is 9.18 Å². The summed E-state index contributed by atoms with van der Waals surface area (Å²) >= 11 is 0. The Labute approximate surface area is 184 Å². The van der Waals surface area contributed by atoms with Crippen molar-refractivity contribution >= 4 is 11.7 Å². The molecule has 0 bridgehead atoms. The van der Waals surface area contributed by atoms with Gasteiger partial charge in [-0.05, 0) is 29.7 Å². The highest BCUT2D eigenvalue weighted by Crippen LogP contribution is 2.33. The Morgan fingerprint density at radius 3 is 2.53 bits per heavy atom. The molecule has 1 amide bonds. The summed E-state index contributed by atoms with van der Waals surface area (Å²) in [6.45, 7) is 4.26. The quantitative estimate of drug-likeness (QED) is 0.479. The lowest BCUT2D eigenvalue weighted by Crippen LogP contribution is -2.26. The smallest absolute Gasteiger partial charge is 0.233 e. The molecule has 0 aliphatic carbocycles. The Kier molecular flexibility index (Phi) is 4.97. The fraction of sp³-hybridized carbons (Fsp3) is 0.208. The summed E-state index contributed by atoms with van der Waals surface area (Å²) in [4.78, 5) is 25.1. The average molecular weight is 428 g/mol. The number of carbonyl (C=O) groups excluding carboxylic acids is 1. The van der Waals surface area contributed by atoms with E-state index in [1.807, 2.05) is 44.2 Å². The fourth-order valence-corrected chi connectivity index (χ4v) is 4.01. The summed E-state index contributed by atoms with van der Waals surface area (Å²) in [5.74, 6) is 0.668. The number of carbonyl (C=O) groups is 1. The van der Waals surface area contributed by atoms with Crippen molar-refractivity contribution in [1.29, 1.82) is 0 Å². The number of rotatable bonds is 5. The maximum Gasteiger partial charge on any atom is 0.233 e. The van der Waals surface area contributed by atoms with Crippen molar-refractivity contribution in [1.82, 2.24) is 25.0 Å². The third kappa shape index (κ3) is 3.53. The molecule has 1 aliphatic rings. The van der Waals surface area contributed by atoms with Gasteiger partial charge in [-0.15, -0.1) is 0 Å². The highest BCUT2D eigenvalue weighted by Gasteiger charge is 2.30. The van der Waals surface area contributed by atoms with Gasteiger partial charge in [0, 0.05) is 22.9 Å². The van der Waals surface area contributed by atoms with Gasteiger partial charge in [0.15, 0.2) is 5.82 Å².